The van der Waals surface area contributed by atoms with Crippen LogP contribution in [0.2, 0.25) is 0 Å². The van der Waals surface area contributed by atoms with Gasteiger partial charge in [0.2, 0.25) is 5.91 Å². The number of hydrogen-bond donors (Lipinski definition) is 1. The predicted molar refractivity (Wildman–Crippen MR) is 89.2 cm³/mol. The van der Waals surface area contributed by atoms with E-state index in [1.807, 2.05) is 24.3 Å². The van der Waals surface area contributed by atoms with Gasteiger partial charge in [-0.05, 0) is 37.8 Å². The average Bonchev–Trinajstić information content (AvgIpc) is 3.39. The first-order valence-electron chi connectivity index (χ1n) is 8.29. The highest BCUT2D eigenvalue weighted by Gasteiger charge is 2.30. The minimum absolute atomic E-state index is 0.120. The third-order valence-corrected chi connectivity index (χ3v) is 5.44. The van der Waals surface area contributed by atoms with Crippen molar-refractivity contribution in [1.29, 1.82) is 0 Å². The lowest BCUT2D eigenvalue weighted by molar-refractivity contribution is -0.119. The largest absolute Gasteiger partial charge is 0.353 e. The van der Waals surface area contributed by atoms with Crippen molar-refractivity contribution < 1.29 is 9.59 Å². The molecule has 22 heavy (non-hydrogen) atoms. The number of ketones is 1. The molecule has 1 amide bonds. The Labute approximate surface area is 136 Å². The summed E-state index contributed by atoms with van der Waals surface area (Å²) in [6.07, 6.45) is 8.08. The van der Waals surface area contributed by atoms with Crippen LogP contribution in [-0.2, 0) is 4.79 Å². The Morgan fingerprint density at radius 3 is 2.32 bits per heavy atom. The van der Waals surface area contributed by atoms with Crippen LogP contribution in [0.15, 0.2) is 29.2 Å². The second-order valence-corrected chi connectivity index (χ2v) is 7.40. The average molecular weight is 317 g/mol. The van der Waals surface area contributed by atoms with Crippen molar-refractivity contribution in [2.75, 3.05) is 5.75 Å². The van der Waals surface area contributed by atoms with Crippen molar-refractivity contribution in [3.05, 3.63) is 29.8 Å². The van der Waals surface area contributed by atoms with Crippen molar-refractivity contribution in [3.63, 3.8) is 0 Å². The molecule has 0 saturated heterocycles. The SMILES string of the molecule is O=C(CSc1ccc(C(=O)C2CC2)cc1)NC1CCCCC1. The summed E-state index contributed by atoms with van der Waals surface area (Å²) in [4.78, 5) is 25.0. The summed E-state index contributed by atoms with van der Waals surface area (Å²) in [6, 6.07) is 8.06. The molecule has 118 valence electrons. The van der Waals surface area contributed by atoms with Gasteiger partial charge in [0.25, 0.3) is 0 Å². The smallest absolute Gasteiger partial charge is 0.230 e. The molecule has 0 aliphatic heterocycles. The first kappa shape index (κ1) is 15.6. The summed E-state index contributed by atoms with van der Waals surface area (Å²) in [5.41, 5.74) is 0.804. The predicted octanol–water partition coefficient (Wildman–Crippen LogP) is 3.82. The molecule has 1 N–H and O–H groups in total. The molecule has 3 rings (SSSR count). The van der Waals surface area contributed by atoms with E-state index < -0.39 is 0 Å². The van der Waals surface area contributed by atoms with Crippen LogP contribution in [0.5, 0.6) is 0 Å². The lowest BCUT2D eigenvalue weighted by Gasteiger charge is -2.22. The lowest BCUT2D eigenvalue weighted by Crippen LogP contribution is -2.37. The molecule has 3 nitrogen and oxygen atoms in total. The Morgan fingerprint density at radius 2 is 1.68 bits per heavy atom. The number of carbonyl (C=O) groups excluding carboxylic acids is 2. The summed E-state index contributed by atoms with van der Waals surface area (Å²) in [5.74, 6) is 1.10. The molecule has 0 atom stereocenters. The third-order valence-electron chi connectivity index (χ3n) is 4.43. The number of thioether (sulfide) groups is 1. The van der Waals surface area contributed by atoms with Gasteiger partial charge in [-0.15, -0.1) is 11.8 Å². The quantitative estimate of drug-likeness (QED) is 0.641. The third kappa shape index (κ3) is 4.35. The van der Waals surface area contributed by atoms with Crippen LogP contribution in [0.3, 0.4) is 0 Å². The molecule has 2 aliphatic carbocycles. The summed E-state index contributed by atoms with van der Waals surface area (Å²) in [7, 11) is 0. The van der Waals surface area contributed by atoms with Crippen LogP contribution >= 0.6 is 11.8 Å². The molecule has 0 aromatic heterocycles. The van der Waals surface area contributed by atoms with Gasteiger partial charge in [0, 0.05) is 22.4 Å². The summed E-state index contributed by atoms with van der Waals surface area (Å²) >= 11 is 1.54. The number of nitrogens with one attached hydrogen (secondary N) is 1. The molecular weight excluding hydrogens is 294 g/mol. The molecular formula is C18H23NO2S. The molecule has 1 aromatic rings. The Balaban J connectivity index is 1.44. The van der Waals surface area contributed by atoms with E-state index in [-0.39, 0.29) is 17.6 Å². The van der Waals surface area contributed by atoms with Gasteiger partial charge in [0.05, 0.1) is 5.75 Å². The normalized spacial score (nSPS) is 18.9. The number of Topliss-reactive ketones (excluding diaryl/α,β-unsaturated/α-hetero) is 1. The molecule has 4 heteroatoms. The zero-order valence-corrected chi connectivity index (χ0v) is 13.7. The van der Waals surface area contributed by atoms with Gasteiger partial charge in [0.15, 0.2) is 5.78 Å². The molecule has 0 heterocycles. The van der Waals surface area contributed by atoms with Gasteiger partial charge in [-0.3, -0.25) is 9.59 Å². The first-order chi connectivity index (χ1) is 10.7. The van der Waals surface area contributed by atoms with Crippen molar-refractivity contribution in [2.45, 2.75) is 55.9 Å². The lowest BCUT2D eigenvalue weighted by atomic mass is 9.95. The number of benzene rings is 1. The van der Waals surface area contributed by atoms with Gasteiger partial charge in [-0.1, -0.05) is 31.4 Å². The van der Waals surface area contributed by atoms with Gasteiger partial charge in [0.1, 0.15) is 0 Å². The molecule has 0 radical (unpaired) electrons. The number of carbonyl (C=O) groups is 2. The van der Waals surface area contributed by atoms with Crippen molar-refractivity contribution in [2.24, 2.45) is 5.92 Å². The Kier molecular flexibility index (Phi) is 5.19. The summed E-state index contributed by atoms with van der Waals surface area (Å²) < 4.78 is 0. The van der Waals surface area contributed by atoms with E-state index in [4.69, 9.17) is 0 Å². The molecule has 2 saturated carbocycles. The van der Waals surface area contributed by atoms with Crippen LogP contribution in [0.25, 0.3) is 0 Å². The summed E-state index contributed by atoms with van der Waals surface area (Å²) in [6.45, 7) is 0. The van der Waals surface area contributed by atoms with E-state index in [1.54, 1.807) is 0 Å². The highest BCUT2D eigenvalue weighted by atomic mass is 32.2. The Morgan fingerprint density at radius 1 is 1.00 bits per heavy atom. The summed E-state index contributed by atoms with van der Waals surface area (Å²) in [5, 5.41) is 3.13. The maximum Gasteiger partial charge on any atom is 0.230 e. The van der Waals surface area contributed by atoms with E-state index in [0.29, 0.717) is 11.8 Å². The van der Waals surface area contributed by atoms with Crippen LogP contribution < -0.4 is 5.32 Å². The van der Waals surface area contributed by atoms with Gasteiger partial charge in [-0.2, -0.15) is 0 Å². The van der Waals surface area contributed by atoms with E-state index in [1.165, 1.54) is 31.0 Å². The standard InChI is InChI=1S/C18H23NO2S/c20-17(19-15-4-2-1-3-5-15)12-22-16-10-8-14(9-11-16)18(21)13-6-7-13/h8-11,13,15H,1-7,12H2,(H,19,20). The minimum Gasteiger partial charge on any atom is -0.353 e. The topological polar surface area (TPSA) is 46.2 Å². The van der Waals surface area contributed by atoms with E-state index in [9.17, 15) is 9.59 Å². The number of hydrogen-bond acceptors (Lipinski definition) is 3. The Hall–Kier alpha value is -1.29. The molecule has 0 spiro atoms. The Bertz CT molecular complexity index is 531. The van der Waals surface area contributed by atoms with Crippen molar-refractivity contribution in [3.8, 4) is 0 Å². The molecule has 0 unspecified atom stereocenters. The fraction of sp³-hybridized carbons (Fsp3) is 0.556. The zero-order chi connectivity index (χ0) is 15.4. The van der Waals surface area contributed by atoms with Gasteiger partial charge >= 0.3 is 0 Å². The maximum atomic E-state index is 12.0. The highest BCUT2D eigenvalue weighted by molar-refractivity contribution is 8.00. The van der Waals surface area contributed by atoms with E-state index in [2.05, 4.69) is 5.32 Å². The van der Waals surface area contributed by atoms with Crippen molar-refractivity contribution >= 4 is 23.5 Å². The van der Waals surface area contributed by atoms with Crippen LogP contribution in [-0.4, -0.2) is 23.5 Å². The van der Waals surface area contributed by atoms with Crippen LogP contribution in [0.4, 0.5) is 0 Å². The second kappa shape index (κ2) is 7.32. The molecule has 0 bridgehead atoms. The number of amides is 1. The fourth-order valence-electron chi connectivity index (χ4n) is 2.96. The highest BCUT2D eigenvalue weighted by Crippen LogP contribution is 2.33. The van der Waals surface area contributed by atoms with Crippen LogP contribution in [0, 0.1) is 5.92 Å². The molecule has 1 aromatic carbocycles. The van der Waals surface area contributed by atoms with Crippen molar-refractivity contribution in [1.82, 2.24) is 5.32 Å². The molecule has 2 fully saturated rings. The van der Waals surface area contributed by atoms with Gasteiger partial charge < -0.3 is 5.32 Å². The first-order valence-corrected chi connectivity index (χ1v) is 9.27. The maximum absolute atomic E-state index is 12.0. The minimum atomic E-state index is 0.120. The molecule has 2 aliphatic rings. The van der Waals surface area contributed by atoms with E-state index >= 15 is 0 Å². The monoisotopic (exact) mass is 317 g/mol. The van der Waals surface area contributed by atoms with E-state index in [0.717, 1.165) is 36.1 Å². The second-order valence-electron chi connectivity index (χ2n) is 6.35. The van der Waals surface area contributed by atoms with Gasteiger partial charge in [-0.25, -0.2) is 0 Å². The zero-order valence-electron chi connectivity index (χ0n) is 12.8. The van der Waals surface area contributed by atoms with Crippen LogP contribution in [0.1, 0.15) is 55.3 Å². The number of rotatable bonds is 6. The fourth-order valence-corrected chi connectivity index (χ4v) is 3.67.